The van der Waals surface area contributed by atoms with E-state index in [9.17, 15) is 27.2 Å². The molecule has 206 valence electrons. The molecule has 0 radical (unpaired) electrons. The summed E-state index contributed by atoms with van der Waals surface area (Å²) in [6.45, 7) is 0.897. The highest BCUT2D eigenvalue weighted by Crippen LogP contribution is 2.37. The Balaban J connectivity index is 1.57. The van der Waals surface area contributed by atoms with Gasteiger partial charge in [-0.25, -0.2) is 19.2 Å². The van der Waals surface area contributed by atoms with Gasteiger partial charge in [0.1, 0.15) is 5.82 Å². The Morgan fingerprint density at radius 3 is 2.41 bits per heavy atom. The second kappa shape index (κ2) is 11.7. The topological polar surface area (TPSA) is 121 Å². The number of likely N-dealkylation sites (tertiary alicyclic amines) is 1. The molecule has 1 saturated heterocycles. The Labute approximate surface area is 221 Å². The third-order valence-corrected chi connectivity index (χ3v) is 6.73. The van der Waals surface area contributed by atoms with E-state index in [2.05, 4.69) is 15.3 Å². The maximum Gasteiger partial charge on any atom is 0.419 e. The summed E-state index contributed by atoms with van der Waals surface area (Å²) in [5, 5.41) is 12.0. The highest BCUT2D eigenvalue weighted by Gasteiger charge is 2.37. The molecule has 4 rings (SSSR count). The first-order chi connectivity index (χ1) is 18.5. The fourth-order valence-electron chi connectivity index (χ4n) is 4.81. The summed E-state index contributed by atoms with van der Waals surface area (Å²) in [4.78, 5) is 32.2. The minimum absolute atomic E-state index is 0.0877. The maximum absolute atomic E-state index is 13.9. The molecule has 0 bridgehead atoms. The molecule has 3 aromatic rings. The van der Waals surface area contributed by atoms with Crippen LogP contribution in [-0.2, 0) is 17.4 Å². The molecule has 0 spiro atoms. The molecule has 8 nitrogen and oxygen atoms in total. The van der Waals surface area contributed by atoms with Crippen LogP contribution in [0.15, 0.2) is 54.7 Å². The third-order valence-electron chi connectivity index (χ3n) is 6.73. The predicted octanol–water partition coefficient (Wildman–Crippen LogP) is 5.44. The van der Waals surface area contributed by atoms with Crippen molar-refractivity contribution in [2.24, 2.45) is 5.73 Å². The number of anilines is 2. The Kier molecular flexibility index (Phi) is 8.32. The summed E-state index contributed by atoms with van der Waals surface area (Å²) < 4.78 is 55.4. The number of nitrogens with one attached hydrogen (secondary N) is 1. The SMILES string of the molecule is NC(=O)CC(Cc1cccc(F)c1)c1nc(Nc2ccc(C3CCN(C(=O)O)CC3)cc2)ncc1C(F)(F)F. The number of piperidine rings is 1. The van der Waals surface area contributed by atoms with Crippen LogP contribution in [0, 0.1) is 5.82 Å². The fraction of sp³-hybridized carbons (Fsp3) is 0.333. The normalized spacial score (nSPS) is 15.1. The van der Waals surface area contributed by atoms with Crippen molar-refractivity contribution in [3.8, 4) is 0 Å². The highest BCUT2D eigenvalue weighted by atomic mass is 19.4. The van der Waals surface area contributed by atoms with Gasteiger partial charge >= 0.3 is 12.3 Å². The van der Waals surface area contributed by atoms with E-state index < -0.39 is 47.6 Å². The van der Waals surface area contributed by atoms with E-state index in [1.807, 2.05) is 12.1 Å². The number of hydrogen-bond donors (Lipinski definition) is 3. The molecule has 1 aliphatic heterocycles. The molecule has 2 aromatic carbocycles. The lowest BCUT2D eigenvalue weighted by atomic mass is 9.89. The fourth-order valence-corrected chi connectivity index (χ4v) is 4.81. The second-order valence-corrected chi connectivity index (χ2v) is 9.48. The van der Waals surface area contributed by atoms with Crippen molar-refractivity contribution in [3.63, 3.8) is 0 Å². The van der Waals surface area contributed by atoms with Gasteiger partial charge in [-0.15, -0.1) is 0 Å². The average molecular weight is 546 g/mol. The maximum atomic E-state index is 13.9. The number of rotatable bonds is 8. The van der Waals surface area contributed by atoms with E-state index in [-0.39, 0.29) is 18.3 Å². The number of hydrogen-bond acceptors (Lipinski definition) is 5. The van der Waals surface area contributed by atoms with Crippen molar-refractivity contribution in [1.82, 2.24) is 14.9 Å². The van der Waals surface area contributed by atoms with E-state index in [0.29, 0.717) is 43.4 Å². The van der Waals surface area contributed by atoms with Gasteiger partial charge in [0.05, 0.1) is 11.3 Å². The quantitative estimate of drug-likeness (QED) is 0.324. The third kappa shape index (κ3) is 7.21. The van der Waals surface area contributed by atoms with Crippen LogP contribution in [0.5, 0.6) is 0 Å². The first-order valence-corrected chi connectivity index (χ1v) is 12.3. The minimum Gasteiger partial charge on any atom is -0.465 e. The van der Waals surface area contributed by atoms with Crippen LogP contribution in [-0.4, -0.2) is 45.1 Å². The molecule has 2 heterocycles. The van der Waals surface area contributed by atoms with Gasteiger partial charge in [-0.3, -0.25) is 4.79 Å². The van der Waals surface area contributed by atoms with E-state index in [0.717, 1.165) is 5.56 Å². The zero-order valence-corrected chi connectivity index (χ0v) is 20.8. The Morgan fingerprint density at radius 1 is 1.13 bits per heavy atom. The molecule has 0 aliphatic carbocycles. The summed E-state index contributed by atoms with van der Waals surface area (Å²) in [6.07, 6.45) is -4.19. The van der Waals surface area contributed by atoms with E-state index in [4.69, 9.17) is 10.8 Å². The van der Waals surface area contributed by atoms with Crippen molar-refractivity contribution in [2.75, 3.05) is 18.4 Å². The predicted molar refractivity (Wildman–Crippen MR) is 135 cm³/mol. The molecular weight excluding hydrogens is 518 g/mol. The number of carbonyl (C=O) groups is 2. The molecule has 12 heteroatoms. The first-order valence-electron chi connectivity index (χ1n) is 12.3. The van der Waals surface area contributed by atoms with Crippen LogP contribution < -0.4 is 11.1 Å². The molecule has 1 unspecified atom stereocenters. The summed E-state index contributed by atoms with van der Waals surface area (Å²) in [6, 6.07) is 12.6. The lowest BCUT2D eigenvalue weighted by Gasteiger charge is -2.30. The Bertz CT molecular complexity index is 1330. The van der Waals surface area contributed by atoms with Crippen molar-refractivity contribution >= 4 is 23.6 Å². The number of alkyl halides is 3. The van der Waals surface area contributed by atoms with Gasteiger partial charge in [-0.05, 0) is 60.6 Å². The monoisotopic (exact) mass is 545 g/mol. The van der Waals surface area contributed by atoms with Crippen molar-refractivity contribution in [1.29, 1.82) is 0 Å². The van der Waals surface area contributed by atoms with Gasteiger partial charge in [-0.1, -0.05) is 24.3 Å². The van der Waals surface area contributed by atoms with Gasteiger partial charge in [-0.2, -0.15) is 13.2 Å². The molecule has 1 fully saturated rings. The number of aromatic nitrogens is 2. The van der Waals surface area contributed by atoms with Gasteiger partial charge < -0.3 is 21.1 Å². The molecule has 1 aliphatic rings. The van der Waals surface area contributed by atoms with E-state index >= 15 is 0 Å². The summed E-state index contributed by atoms with van der Waals surface area (Å²) in [5.41, 5.74) is 5.79. The van der Waals surface area contributed by atoms with Crippen LogP contribution in [0.25, 0.3) is 0 Å². The van der Waals surface area contributed by atoms with Crippen LogP contribution in [0.4, 0.5) is 34.0 Å². The molecular formula is C27H27F4N5O3. The zero-order chi connectivity index (χ0) is 28.2. The molecule has 39 heavy (non-hydrogen) atoms. The van der Waals surface area contributed by atoms with Gasteiger partial charge in [0.2, 0.25) is 11.9 Å². The lowest BCUT2D eigenvalue weighted by molar-refractivity contribution is -0.139. The smallest absolute Gasteiger partial charge is 0.419 e. The molecule has 0 saturated carbocycles. The minimum atomic E-state index is -4.79. The van der Waals surface area contributed by atoms with Crippen LogP contribution >= 0.6 is 0 Å². The number of benzene rings is 2. The summed E-state index contributed by atoms with van der Waals surface area (Å²) in [5.74, 6) is -2.34. The van der Waals surface area contributed by atoms with Crippen LogP contribution in [0.1, 0.15) is 53.5 Å². The van der Waals surface area contributed by atoms with E-state index in [1.165, 1.54) is 23.1 Å². The summed E-state index contributed by atoms with van der Waals surface area (Å²) >= 11 is 0. The van der Waals surface area contributed by atoms with Gasteiger partial charge in [0, 0.05) is 37.3 Å². The summed E-state index contributed by atoms with van der Waals surface area (Å²) in [7, 11) is 0. The van der Waals surface area contributed by atoms with Crippen molar-refractivity contribution in [2.45, 2.75) is 43.7 Å². The lowest BCUT2D eigenvalue weighted by Crippen LogP contribution is -2.36. The number of amides is 2. The standard InChI is InChI=1S/C27H27F4N5O3/c28-20-3-1-2-16(13-20)12-19(14-23(32)37)24-22(27(29,30)31)15-33-25(35-24)34-21-6-4-17(5-7-21)18-8-10-36(11-9-18)26(38)39/h1-7,13,15,18-19H,8-12,14H2,(H2,32,37)(H,38,39)(H,33,34,35). The number of nitrogens with two attached hydrogens (primary N) is 1. The zero-order valence-electron chi connectivity index (χ0n) is 20.8. The first kappa shape index (κ1) is 27.8. The van der Waals surface area contributed by atoms with E-state index in [1.54, 1.807) is 18.2 Å². The van der Waals surface area contributed by atoms with Crippen LogP contribution in [0.3, 0.4) is 0 Å². The largest absolute Gasteiger partial charge is 0.465 e. The second-order valence-electron chi connectivity index (χ2n) is 9.48. The number of carbonyl (C=O) groups excluding carboxylic acids is 1. The van der Waals surface area contributed by atoms with Gasteiger partial charge in [0.25, 0.3) is 0 Å². The molecule has 1 aromatic heterocycles. The Hall–Kier alpha value is -4.22. The van der Waals surface area contributed by atoms with Crippen LogP contribution in [0.2, 0.25) is 0 Å². The van der Waals surface area contributed by atoms with Gasteiger partial charge in [0.15, 0.2) is 0 Å². The molecule has 2 amide bonds. The molecule has 4 N–H and O–H groups in total. The van der Waals surface area contributed by atoms with Crippen molar-refractivity contribution in [3.05, 3.63) is 82.9 Å². The molecule has 1 atom stereocenters. The number of halogens is 4. The number of carboxylic acid groups (broad SMARTS) is 1. The highest BCUT2D eigenvalue weighted by molar-refractivity contribution is 5.75. The Morgan fingerprint density at radius 2 is 1.82 bits per heavy atom. The number of nitrogens with zero attached hydrogens (tertiary/aromatic N) is 3. The average Bonchev–Trinajstić information content (AvgIpc) is 2.88. The van der Waals surface area contributed by atoms with Crippen molar-refractivity contribution < 1.29 is 32.3 Å². The number of primary amides is 1.